The number of hydrogen-bond donors (Lipinski definition) is 1. The number of benzene rings is 1. The van der Waals surface area contributed by atoms with Crippen LogP contribution in [0.2, 0.25) is 0 Å². The molecule has 0 amide bonds. The zero-order chi connectivity index (χ0) is 14.4. The molecule has 2 aromatic rings. The van der Waals surface area contributed by atoms with Crippen LogP contribution in [0, 0.1) is 0 Å². The minimum atomic E-state index is 0. The lowest BCUT2D eigenvalue weighted by Gasteiger charge is -2.31. The monoisotopic (exact) mass is 355 g/mol. The number of nitrogens with zero attached hydrogens (tertiary/aromatic N) is 4. The van der Waals surface area contributed by atoms with Gasteiger partial charge in [-0.25, -0.2) is 0 Å². The summed E-state index contributed by atoms with van der Waals surface area (Å²) in [6.07, 6.45) is 4.74. The first-order chi connectivity index (χ1) is 10.2. The van der Waals surface area contributed by atoms with Gasteiger partial charge in [0, 0.05) is 30.9 Å². The van der Waals surface area contributed by atoms with Crippen LogP contribution in [-0.4, -0.2) is 21.3 Å². The molecule has 0 spiro atoms. The van der Waals surface area contributed by atoms with E-state index < -0.39 is 0 Å². The van der Waals surface area contributed by atoms with Crippen molar-refractivity contribution in [3.05, 3.63) is 35.4 Å². The van der Waals surface area contributed by atoms with Crippen molar-refractivity contribution in [1.29, 1.82) is 0 Å². The smallest absolute Gasteiger partial charge is 0.152 e. The molecule has 0 unspecified atom stereocenters. The molecule has 4 rings (SSSR count). The van der Waals surface area contributed by atoms with E-state index in [4.69, 9.17) is 5.73 Å². The fraction of sp³-hybridized carbons (Fsp3) is 0.500. The Labute approximate surface area is 149 Å². The van der Waals surface area contributed by atoms with Crippen molar-refractivity contribution in [2.24, 2.45) is 7.05 Å². The van der Waals surface area contributed by atoms with E-state index in [0.717, 1.165) is 43.3 Å². The van der Waals surface area contributed by atoms with E-state index in [1.165, 1.54) is 24.1 Å². The fourth-order valence-corrected chi connectivity index (χ4v) is 3.27. The van der Waals surface area contributed by atoms with E-state index >= 15 is 0 Å². The zero-order valence-corrected chi connectivity index (χ0v) is 14.9. The van der Waals surface area contributed by atoms with E-state index in [1.807, 2.05) is 12.1 Å². The summed E-state index contributed by atoms with van der Waals surface area (Å²) in [4.78, 5) is 2.38. The number of rotatable bonds is 3. The van der Waals surface area contributed by atoms with Crippen molar-refractivity contribution in [1.82, 2.24) is 14.8 Å². The highest BCUT2D eigenvalue weighted by Crippen LogP contribution is 2.39. The van der Waals surface area contributed by atoms with Crippen molar-refractivity contribution in [2.45, 2.75) is 38.1 Å². The summed E-state index contributed by atoms with van der Waals surface area (Å²) in [7, 11) is 2.09. The molecular weight excluding hydrogens is 333 g/mol. The van der Waals surface area contributed by atoms with Gasteiger partial charge in [0.15, 0.2) is 5.82 Å². The Hall–Kier alpha value is -1.46. The molecule has 1 aliphatic heterocycles. The Bertz CT molecular complexity index is 681. The summed E-state index contributed by atoms with van der Waals surface area (Å²) in [6, 6.07) is 6.21. The second-order valence-electron chi connectivity index (χ2n) is 6.18. The van der Waals surface area contributed by atoms with Gasteiger partial charge in [-0.15, -0.1) is 35.0 Å². The summed E-state index contributed by atoms with van der Waals surface area (Å²) in [5.74, 6) is 2.84. The van der Waals surface area contributed by atoms with Crippen LogP contribution < -0.4 is 10.6 Å². The molecule has 7 heteroatoms. The van der Waals surface area contributed by atoms with Crippen molar-refractivity contribution >= 4 is 36.2 Å². The second kappa shape index (κ2) is 6.97. The number of halogens is 2. The molecule has 1 saturated carbocycles. The second-order valence-corrected chi connectivity index (χ2v) is 6.18. The van der Waals surface area contributed by atoms with Gasteiger partial charge >= 0.3 is 0 Å². The molecule has 0 atom stereocenters. The van der Waals surface area contributed by atoms with Gasteiger partial charge in [0.2, 0.25) is 0 Å². The van der Waals surface area contributed by atoms with Crippen LogP contribution in [0.5, 0.6) is 0 Å². The van der Waals surface area contributed by atoms with Crippen LogP contribution in [-0.2, 0) is 20.0 Å². The van der Waals surface area contributed by atoms with Gasteiger partial charge < -0.3 is 15.2 Å². The molecule has 2 heterocycles. The quantitative estimate of drug-likeness (QED) is 0.859. The van der Waals surface area contributed by atoms with Gasteiger partial charge in [-0.05, 0) is 43.4 Å². The van der Waals surface area contributed by atoms with Crippen LogP contribution in [0.4, 0.5) is 11.4 Å². The van der Waals surface area contributed by atoms with Crippen molar-refractivity contribution in [3.8, 4) is 0 Å². The van der Waals surface area contributed by atoms with Gasteiger partial charge in [-0.3, -0.25) is 0 Å². The lowest BCUT2D eigenvalue weighted by atomic mass is 10.00. The first-order valence-corrected chi connectivity index (χ1v) is 7.74. The minimum absolute atomic E-state index is 0. The topological polar surface area (TPSA) is 60.0 Å². The summed E-state index contributed by atoms with van der Waals surface area (Å²) in [6.45, 7) is 1.87. The normalized spacial score (nSPS) is 16.3. The van der Waals surface area contributed by atoms with Gasteiger partial charge in [0.1, 0.15) is 5.82 Å². The number of nitrogens with two attached hydrogens (primary N) is 1. The number of nitrogen functional groups attached to an aromatic ring is 1. The maximum Gasteiger partial charge on any atom is 0.152 e. The highest BCUT2D eigenvalue weighted by Gasteiger charge is 2.29. The molecular formula is C16H23Cl2N5. The first-order valence-electron chi connectivity index (χ1n) is 7.74. The van der Waals surface area contributed by atoms with E-state index in [2.05, 4.69) is 32.8 Å². The number of hydrogen-bond acceptors (Lipinski definition) is 4. The highest BCUT2D eigenvalue weighted by atomic mass is 35.5. The molecule has 1 aromatic carbocycles. The Balaban J connectivity index is 0.000000960. The SMILES string of the molecule is Cl.Cl.Cn1c(CN2CCCc3c(N)cccc32)nnc1C1CC1. The van der Waals surface area contributed by atoms with Crippen LogP contribution in [0.1, 0.15) is 42.4 Å². The van der Waals surface area contributed by atoms with Crippen molar-refractivity contribution in [2.75, 3.05) is 17.2 Å². The standard InChI is InChI=1S/C16H21N5.2ClH/c1-20-15(18-19-16(20)11-7-8-11)10-21-9-3-4-12-13(17)5-2-6-14(12)21;;/h2,5-6,11H,3-4,7-10,17H2,1H3;2*1H. The maximum atomic E-state index is 6.12. The molecule has 126 valence electrons. The highest BCUT2D eigenvalue weighted by molar-refractivity contribution is 5.85. The molecule has 0 saturated heterocycles. The summed E-state index contributed by atoms with van der Waals surface area (Å²) in [5, 5.41) is 8.78. The van der Waals surface area contributed by atoms with Gasteiger partial charge in [0.05, 0.1) is 6.54 Å². The lowest BCUT2D eigenvalue weighted by Crippen LogP contribution is -2.30. The Morgan fingerprint density at radius 1 is 1.22 bits per heavy atom. The lowest BCUT2D eigenvalue weighted by molar-refractivity contribution is 0.651. The summed E-state index contributed by atoms with van der Waals surface area (Å²) < 4.78 is 2.18. The average Bonchev–Trinajstić information content (AvgIpc) is 3.26. The molecule has 2 aliphatic rings. The summed E-state index contributed by atoms with van der Waals surface area (Å²) >= 11 is 0. The molecule has 1 aliphatic carbocycles. The predicted molar refractivity (Wildman–Crippen MR) is 97.7 cm³/mol. The van der Waals surface area contributed by atoms with E-state index in [0.29, 0.717) is 5.92 Å². The Morgan fingerprint density at radius 2 is 2.00 bits per heavy atom. The number of anilines is 2. The van der Waals surface area contributed by atoms with E-state index in [-0.39, 0.29) is 24.8 Å². The molecule has 1 fully saturated rings. The van der Waals surface area contributed by atoms with Crippen molar-refractivity contribution < 1.29 is 0 Å². The number of aromatic nitrogens is 3. The van der Waals surface area contributed by atoms with Gasteiger partial charge in [0.25, 0.3) is 0 Å². The third kappa shape index (κ3) is 3.26. The fourth-order valence-electron chi connectivity index (χ4n) is 3.27. The Kier molecular flexibility index (Phi) is 5.42. The van der Waals surface area contributed by atoms with Crippen molar-refractivity contribution in [3.63, 3.8) is 0 Å². The first kappa shape index (κ1) is 17.9. The average molecular weight is 356 g/mol. The number of fused-ring (bicyclic) bond motifs is 1. The van der Waals surface area contributed by atoms with Crippen LogP contribution in [0.15, 0.2) is 18.2 Å². The predicted octanol–water partition coefficient (Wildman–Crippen LogP) is 3.07. The van der Waals surface area contributed by atoms with Crippen LogP contribution in [0.25, 0.3) is 0 Å². The van der Waals surface area contributed by atoms with Gasteiger partial charge in [-0.2, -0.15) is 0 Å². The zero-order valence-electron chi connectivity index (χ0n) is 13.2. The molecule has 0 bridgehead atoms. The van der Waals surface area contributed by atoms with E-state index in [9.17, 15) is 0 Å². The third-order valence-corrected chi connectivity index (χ3v) is 4.66. The van der Waals surface area contributed by atoms with Crippen LogP contribution >= 0.6 is 24.8 Å². The third-order valence-electron chi connectivity index (χ3n) is 4.66. The molecule has 23 heavy (non-hydrogen) atoms. The van der Waals surface area contributed by atoms with Gasteiger partial charge in [-0.1, -0.05) is 6.07 Å². The molecule has 2 N–H and O–H groups in total. The van der Waals surface area contributed by atoms with E-state index in [1.54, 1.807) is 0 Å². The maximum absolute atomic E-state index is 6.12. The molecule has 1 aromatic heterocycles. The largest absolute Gasteiger partial charge is 0.398 e. The summed E-state index contributed by atoms with van der Waals surface area (Å²) in [5.41, 5.74) is 9.58. The Morgan fingerprint density at radius 3 is 2.74 bits per heavy atom. The molecule has 5 nitrogen and oxygen atoms in total. The minimum Gasteiger partial charge on any atom is -0.398 e. The molecule has 0 radical (unpaired) electrons. The van der Waals surface area contributed by atoms with Crippen LogP contribution in [0.3, 0.4) is 0 Å².